The number of carbonyl (C=O) groups excluding carboxylic acids is 1. The molecule has 1 saturated heterocycles. The SMILES string of the molecule is CC(C)(F)C(=O)N1CCC[C@H]1CO. The number of hydrogen-bond acceptors (Lipinski definition) is 2. The maximum absolute atomic E-state index is 13.3. The fourth-order valence-electron chi connectivity index (χ4n) is 1.63. The summed E-state index contributed by atoms with van der Waals surface area (Å²) < 4.78 is 13.3. The third kappa shape index (κ3) is 2.18. The Morgan fingerprint density at radius 1 is 1.69 bits per heavy atom. The highest BCUT2D eigenvalue weighted by molar-refractivity contribution is 5.84. The summed E-state index contributed by atoms with van der Waals surface area (Å²) in [5.41, 5.74) is -1.82. The molecule has 4 heteroatoms. The van der Waals surface area contributed by atoms with Crippen molar-refractivity contribution in [3.8, 4) is 0 Å². The average molecular weight is 189 g/mol. The number of nitrogens with zero attached hydrogens (tertiary/aromatic N) is 1. The summed E-state index contributed by atoms with van der Waals surface area (Å²) in [6.07, 6.45) is 1.63. The topological polar surface area (TPSA) is 40.5 Å². The van der Waals surface area contributed by atoms with Gasteiger partial charge in [-0.3, -0.25) is 4.79 Å². The smallest absolute Gasteiger partial charge is 0.259 e. The zero-order chi connectivity index (χ0) is 10.1. The number of halogens is 1. The summed E-state index contributed by atoms with van der Waals surface area (Å²) in [6, 6.07) is -0.178. The van der Waals surface area contributed by atoms with Crippen LogP contribution in [-0.2, 0) is 4.79 Å². The van der Waals surface area contributed by atoms with Gasteiger partial charge in [-0.15, -0.1) is 0 Å². The summed E-state index contributed by atoms with van der Waals surface area (Å²) >= 11 is 0. The van der Waals surface area contributed by atoms with Crippen LogP contribution in [0.25, 0.3) is 0 Å². The van der Waals surface area contributed by atoms with E-state index in [1.54, 1.807) is 0 Å². The lowest BCUT2D eigenvalue weighted by Gasteiger charge is -2.27. The van der Waals surface area contributed by atoms with E-state index < -0.39 is 11.6 Å². The van der Waals surface area contributed by atoms with Gasteiger partial charge in [0.05, 0.1) is 12.6 Å². The lowest BCUT2D eigenvalue weighted by molar-refractivity contribution is -0.143. The van der Waals surface area contributed by atoms with Crippen molar-refractivity contribution >= 4 is 5.91 Å². The molecule has 0 bridgehead atoms. The van der Waals surface area contributed by atoms with Crippen LogP contribution in [0.15, 0.2) is 0 Å². The number of aliphatic hydroxyl groups is 1. The summed E-state index contributed by atoms with van der Waals surface area (Å²) in [6.45, 7) is 3.00. The maximum Gasteiger partial charge on any atom is 0.259 e. The molecule has 1 heterocycles. The monoisotopic (exact) mass is 189 g/mol. The molecular weight excluding hydrogens is 173 g/mol. The van der Waals surface area contributed by atoms with Crippen LogP contribution in [0.5, 0.6) is 0 Å². The van der Waals surface area contributed by atoms with Gasteiger partial charge in [0.2, 0.25) is 0 Å². The Morgan fingerprint density at radius 2 is 2.31 bits per heavy atom. The quantitative estimate of drug-likeness (QED) is 0.695. The van der Waals surface area contributed by atoms with Crippen molar-refractivity contribution in [2.45, 2.75) is 38.4 Å². The Bertz CT molecular complexity index is 200. The molecule has 0 saturated carbocycles. The highest BCUT2D eigenvalue weighted by atomic mass is 19.1. The van der Waals surface area contributed by atoms with E-state index in [2.05, 4.69) is 0 Å². The van der Waals surface area contributed by atoms with Crippen LogP contribution >= 0.6 is 0 Å². The molecule has 0 spiro atoms. The van der Waals surface area contributed by atoms with Crippen molar-refractivity contribution in [1.82, 2.24) is 4.90 Å². The van der Waals surface area contributed by atoms with Crippen molar-refractivity contribution < 1.29 is 14.3 Å². The van der Waals surface area contributed by atoms with Crippen molar-refractivity contribution in [3.63, 3.8) is 0 Å². The third-order valence-corrected chi connectivity index (χ3v) is 2.36. The number of aliphatic hydroxyl groups excluding tert-OH is 1. The molecule has 1 atom stereocenters. The van der Waals surface area contributed by atoms with Gasteiger partial charge in [0.15, 0.2) is 5.67 Å². The molecule has 1 aliphatic rings. The molecular formula is C9H16FNO2. The first-order chi connectivity index (χ1) is 5.96. The van der Waals surface area contributed by atoms with E-state index in [-0.39, 0.29) is 12.6 Å². The lowest BCUT2D eigenvalue weighted by atomic mass is 10.1. The van der Waals surface area contributed by atoms with Crippen molar-refractivity contribution in [3.05, 3.63) is 0 Å². The predicted octanol–water partition coefficient (Wildman–Crippen LogP) is 0.718. The molecule has 0 aliphatic carbocycles. The zero-order valence-electron chi connectivity index (χ0n) is 8.09. The first-order valence-corrected chi connectivity index (χ1v) is 4.57. The Labute approximate surface area is 77.5 Å². The number of rotatable bonds is 2. The van der Waals surface area contributed by atoms with Gasteiger partial charge in [0.1, 0.15) is 0 Å². The maximum atomic E-state index is 13.3. The molecule has 13 heavy (non-hydrogen) atoms. The number of alkyl halides is 1. The van der Waals surface area contributed by atoms with E-state index in [0.29, 0.717) is 6.54 Å². The van der Waals surface area contributed by atoms with Crippen LogP contribution < -0.4 is 0 Å². The number of carbonyl (C=O) groups is 1. The Morgan fingerprint density at radius 3 is 2.77 bits per heavy atom. The highest BCUT2D eigenvalue weighted by Gasteiger charge is 2.37. The molecule has 1 fully saturated rings. The predicted molar refractivity (Wildman–Crippen MR) is 47.0 cm³/mol. The first-order valence-electron chi connectivity index (χ1n) is 4.57. The number of amides is 1. The van der Waals surface area contributed by atoms with Gasteiger partial charge in [-0.05, 0) is 26.7 Å². The summed E-state index contributed by atoms with van der Waals surface area (Å²) in [5, 5.41) is 8.93. The molecule has 0 radical (unpaired) electrons. The van der Waals surface area contributed by atoms with E-state index in [4.69, 9.17) is 5.11 Å². The molecule has 0 aromatic rings. The number of likely N-dealkylation sites (tertiary alicyclic amines) is 1. The average Bonchev–Trinajstić information content (AvgIpc) is 2.48. The Hall–Kier alpha value is -0.640. The fraction of sp³-hybridized carbons (Fsp3) is 0.889. The van der Waals surface area contributed by atoms with Crippen LogP contribution in [-0.4, -0.2) is 40.8 Å². The van der Waals surface area contributed by atoms with Crippen LogP contribution in [0, 0.1) is 0 Å². The van der Waals surface area contributed by atoms with Gasteiger partial charge >= 0.3 is 0 Å². The second kappa shape index (κ2) is 3.62. The van der Waals surface area contributed by atoms with Gasteiger partial charge in [0.25, 0.3) is 5.91 Å². The minimum atomic E-state index is -1.82. The Balaban J connectivity index is 2.66. The minimum Gasteiger partial charge on any atom is -0.394 e. The largest absolute Gasteiger partial charge is 0.394 e. The number of hydrogen-bond donors (Lipinski definition) is 1. The normalized spacial score (nSPS) is 23.7. The van der Waals surface area contributed by atoms with E-state index in [1.807, 2.05) is 0 Å². The van der Waals surface area contributed by atoms with Crippen LogP contribution in [0.3, 0.4) is 0 Å². The fourth-order valence-corrected chi connectivity index (χ4v) is 1.63. The molecule has 1 N–H and O–H groups in total. The molecule has 3 nitrogen and oxygen atoms in total. The van der Waals surface area contributed by atoms with E-state index in [0.717, 1.165) is 12.8 Å². The zero-order valence-corrected chi connectivity index (χ0v) is 8.09. The first kappa shape index (κ1) is 10.4. The van der Waals surface area contributed by atoms with E-state index >= 15 is 0 Å². The minimum absolute atomic E-state index is 0.0676. The summed E-state index contributed by atoms with van der Waals surface area (Å²) in [7, 11) is 0. The molecule has 1 amide bonds. The Kier molecular flexibility index (Phi) is 2.91. The van der Waals surface area contributed by atoms with Gasteiger partial charge < -0.3 is 10.0 Å². The van der Waals surface area contributed by atoms with Crippen LogP contribution in [0.1, 0.15) is 26.7 Å². The highest BCUT2D eigenvalue weighted by Crippen LogP contribution is 2.22. The van der Waals surface area contributed by atoms with E-state index in [9.17, 15) is 9.18 Å². The van der Waals surface area contributed by atoms with E-state index in [1.165, 1.54) is 18.7 Å². The summed E-state index contributed by atoms with van der Waals surface area (Å²) in [4.78, 5) is 12.9. The van der Waals surface area contributed by atoms with Gasteiger partial charge in [-0.25, -0.2) is 4.39 Å². The van der Waals surface area contributed by atoms with Gasteiger partial charge in [0, 0.05) is 6.54 Å². The molecule has 0 unspecified atom stereocenters. The van der Waals surface area contributed by atoms with Crippen LogP contribution in [0.4, 0.5) is 4.39 Å². The molecule has 76 valence electrons. The second-order valence-corrected chi connectivity index (χ2v) is 3.95. The van der Waals surface area contributed by atoms with Gasteiger partial charge in [-0.1, -0.05) is 0 Å². The van der Waals surface area contributed by atoms with Crippen LogP contribution in [0.2, 0.25) is 0 Å². The lowest BCUT2D eigenvalue weighted by Crippen LogP contribution is -2.46. The van der Waals surface area contributed by atoms with Crippen molar-refractivity contribution in [1.29, 1.82) is 0 Å². The second-order valence-electron chi connectivity index (χ2n) is 3.95. The summed E-state index contributed by atoms with van der Waals surface area (Å²) in [5.74, 6) is -0.510. The molecule has 0 aromatic carbocycles. The third-order valence-electron chi connectivity index (χ3n) is 2.36. The van der Waals surface area contributed by atoms with Crippen molar-refractivity contribution in [2.24, 2.45) is 0 Å². The molecule has 0 aromatic heterocycles. The molecule has 1 aliphatic heterocycles. The standard InChI is InChI=1S/C9H16FNO2/c1-9(2,10)8(13)11-5-3-4-7(11)6-12/h7,12H,3-6H2,1-2H3/t7-/m0/s1. The van der Waals surface area contributed by atoms with Gasteiger partial charge in [-0.2, -0.15) is 0 Å². The van der Waals surface area contributed by atoms with Crippen molar-refractivity contribution in [2.75, 3.05) is 13.2 Å². The molecule has 1 rings (SSSR count).